The lowest BCUT2D eigenvalue weighted by atomic mass is 10.2. The second kappa shape index (κ2) is 10.4. The molecular weight excluding hydrogens is 392 g/mol. The number of rotatable bonds is 11. The highest BCUT2D eigenvalue weighted by molar-refractivity contribution is 9.10. The van der Waals surface area contributed by atoms with E-state index in [0.717, 1.165) is 32.5 Å². The fourth-order valence-corrected chi connectivity index (χ4v) is 4.48. The molecule has 0 radical (unpaired) electrons. The third kappa shape index (κ3) is 6.70. The van der Waals surface area contributed by atoms with Crippen LogP contribution in [0.25, 0.3) is 0 Å². The van der Waals surface area contributed by atoms with E-state index in [-0.39, 0.29) is 10.9 Å². The van der Waals surface area contributed by atoms with Crippen molar-refractivity contribution in [2.75, 3.05) is 26.2 Å². The molecule has 0 saturated carbocycles. The second-order valence-electron chi connectivity index (χ2n) is 5.72. The van der Waals surface area contributed by atoms with Gasteiger partial charge in [-0.05, 0) is 64.5 Å². The summed E-state index contributed by atoms with van der Waals surface area (Å²) in [6, 6.07) is 4.90. The first-order valence-electron chi connectivity index (χ1n) is 8.51. The van der Waals surface area contributed by atoms with Gasteiger partial charge in [0.05, 0.1) is 6.61 Å². The molecule has 0 amide bonds. The van der Waals surface area contributed by atoms with E-state index in [1.807, 2.05) is 13.8 Å². The molecule has 24 heavy (non-hydrogen) atoms. The van der Waals surface area contributed by atoms with Gasteiger partial charge in [0.15, 0.2) is 0 Å². The number of ether oxygens (including phenoxy) is 1. The average Bonchev–Trinajstić information content (AvgIpc) is 2.53. The molecule has 7 heteroatoms. The van der Waals surface area contributed by atoms with Gasteiger partial charge in [0.25, 0.3) is 0 Å². The predicted molar refractivity (Wildman–Crippen MR) is 102 cm³/mol. The minimum atomic E-state index is -3.62. The Hall–Kier alpha value is -0.630. The van der Waals surface area contributed by atoms with Crippen LogP contribution in [0.5, 0.6) is 5.75 Å². The summed E-state index contributed by atoms with van der Waals surface area (Å²) >= 11 is 3.33. The van der Waals surface area contributed by atoms with Gasteiger partial charge in [0, 0.05) is 10.5 Å². The van der Waals surface area contributed by atoms with Crippen LogP contribution in [0.1, 0.15) is 40.5 Å². The molecule has 1 aromatic carbocycles. The third-order valence-electron chi connectivity index (χ3n) is 3.86. The molecule has 138 valence electrons. The van der Waals surface area contributed by atoms with E-state index in [9.17, 15) is 8.42 Å². The zero-order valence-electron chi connectivity index (χ0n) is 15.0. The molecule has 1 aromatic rings. The molecule has 0 aliphatic heterocycles. The second-order valence-corrected chi connectivity index (χ2v) is 8.31. The molecule has 0 saturated heterocycles. The molecular formula is C17H29BrN2O3S. The molecule has 0 aromatic heterocycles. The van der Waals surface area contributed by atoms with Crippen molar-refractivity contribution >= 4 is 26.0 Å². The Bertz CT molecular complexity index is 604. The molecule has 1 rings (SSSR count). The van der Waals surface area contributed by atoms with Crippen LogP contribution in [0.15, 0.2) is 27.6 Å². The van der Waals surface area contributed by atoms with E-state index in [0.29, 0.717) is 16.8 Å². The highest BCUT2D eigenvalue weighted by atomic mass is 79.9. The summed E-state index contributed by atoms with van der Waals surface area (Å²) < 4.78 is 34.3. The topological polar surface area (TPSA) is 58.6 Å². The smallest absolute Gasteiger partial charge is 0.244 e. The van der Waals surface area contributed by atoms with Crippen molar-refractivity contribution in [3.8, 4) is 5.75 Å². The Labute approximate surface area is 154 Å². The molecule has 1 atom stereocenters. The van der Waals surface area contributed by atoms with Crippen molar-refractivity contribution in [1.82, 2.24) is 9.62 Å². The number of sulfonamides is 1. The van der Waals surface area contributed by atoms with Crippen LogP contribution in [-0.2, 0) is 10.0 Å². The standard InChI is InChI=1S/C17H29BrN2O3S/c1-5-20(6-2)12-8-9-14(4)19-24(21,22)17-13-15(18)10-11-16(17)23-7-3/h10-11,13-14,19H,5-9,12H2,1-4H3/t14-/m1/s1. The van der Waals surface area contributed by atoms with E-state index in [2.05, 4.69) is 39.4 Å². The Morgan fingerprint density at radius 1 is 1.25 bits per heavy atom. The van der Waals surface area contributed by atoms with E-state index < -0.39 is 10.0 Å². The Kier molecular flexibility index (Phi) is 9.26. The molecule has 0 spiro atoms. The van der Waals surface area contributed by atoms with Crippen molar-refractivity contribution in [1.29, 1.82) is 0 Å². The maximum atomic E-state index is 12.7. The predicted octanol–water partition coefficient (Wildman–Crippen LogP) is 3.64. The highest BCUT2D eigenvalue weighted by Gasteiger charge is 2.22. The Balaban J connectivity index is 2.73. The first kappa shape index (κ1) is 21.4. The van der Waals surface area contributed by atoms with Crippen molar-refractivity contribution < 1.29 is 13.2 Å². The number of nitrogens with zero attached hydrogens (tertiary/aromatic N) is 1. The Morgan fingerprint density at radius 2 is 1.92 bits per heavy atom. The molecule has 1 N–H and O–H groups in total. The normalized spacial score (nSPS) is 13.2. The number of nitrogens with one attached hydrogen (secondary N) is 1. The summed E-state index contributed by atoms with van der Waals surface area (Å²) in [6.07, 6.45) is 1.76. The maximum absolute atomic E-state index is 12.7. The summed E-state index contributed by atoms with van der Waals surface area (Å²) in [5.41, 5.74) is 0. The van der Waals surface area contributed by atoms with Gasteiger partial charge in [0.1, 0.15) is 10.6 Å². The summed E-state index contributed by atoms with van der Waals surface area (Å²) in [4.78, 5) is 2.51. The third-order valence-corrected chi connectivity index (χ3v) is 5.96. The number of halogens is 1. The van der Waals surface area contributed by atoms with Gasteiger partial charge in [-0.2, -0.15) is 0 Å². The van der Waals surface area contributed by atoms with Crippen molar-refractivity contribution in [2.24, 2.45) is 0 Å². The van der Waals surface area contributed by atoms with Crippen molar-refractivity contribution in [3.05, 3.63) is 22.7 Å². The zero-order chi connectivity index (χ0) is 18.2. The van der Waals surface area contributed by atoms with Crippen LogP contribution in [0.4, 0.5) is 0 Å². The van der Waals surface area contributed by atoms with Gasteiger partial charge in [-0.3, -0.25) is 0 Å². The van der Waals surface area contributed by atoms with Crippen molar-refractivity contribution in [3.63, 3.8) is 0 Å². The molecule has 0 heterocycles. The lowest BCUT2D eigenvalue weighted by molar-refractivity contribution is 0.293. The van der Waals surface area contributed by atoms with Gasteiger partial charge in [-0.1, -0.05) is 29.8 Å². The average molecular weight is 421 g/mol. The monoisotopic (exact) mass is 420 g/mol. The Morgan fingerprint density at radius 3 is 2.50 bits per heavy atom. The van der Waals surface area contributed by atoms with E-state index >= 15 is 0 Å². The number of hydrogen-bond acceptors (Lipinski definition) is 4. The van der Waals surface area contributed by atoms with Gasteiger partial charge < -0.3 is 9.64 Å². The lowest BCUT2D eigenvalue weighted by Crippen LogP contribution is -2.34. The first-order chi connectivity index (χ1) is 11.3. The van der Waals surface area contributed by atoms with Crippen LogP contribution in [0.3, 0.4) is 0 Å². The minimum Gasteiger partial charge on any atom is -0.492 e. The van der Waals surface area contributed by atoms with Crippen LogP contribution >= 0.6 is 15.9 Å². The van der Waals surface area contributed by atoms with E-state index in [1.165, 1.54) is 0 Å². The van der Waals surface area contributed by atoms with Gasteiger partial charge in [0.2, 0.25) is 10.0 Å². The molecule has 0 aliphatic rings. The van der Waals surface area contributed by atoms with Crippen LogP contribution < -0.4 is 9.46 Å². The summed E-state index contributed by atoms with van der Waals surface area (Å²) in [5.74, 6) is 0.378. The summed E-state index contributed by atoms with van der Waals surface area (Å²) in [7, 11) is -3.62. The summed E-state index contributed by atoms with van der Waals surface area (Å²) in [6.45, 7) is 11.5. The maximum Gasteiger partial charge on any atom is 0.244 e. The van der Waals surface area contributed by atoms with E-state index in [1.54, 1.807) is 18.2 Å². The fraction of sp³-hybridized carbons (Fsp3) is 0.647. The molecule has 0 aliphatic carbocycles. The summed E-state index contributed by atoms with van der Waals surface area (Å²) in [5, 5.41) is 0. The number of benzene rings is 1. The highest BCUT2D eigenvalue weighted by Crippen LogP contribution is 2.27. The SMILES string of the molecule is CCOc1ccc(Br)cc1S(=O)(=O)N[C@H](C)CCCN(CC)CC. The zero-order valence-corrected chi connectivity index (χ0v) is 17.4. The van der Waals surface area contributed by atoms with E-state index in [4.69, 9.17) is 4.74 Å². The molecule has 5 nitrogen and oxygen atoms in total. The van der Waals surface area contributed by atoms with Gasteiger partial charge in [-0.25, -0.2) is 13.1 Å². The van der Waals surface area contributed by atoms with Crippen LogP contribution in [0.2, 0.25) is 0 Å². The molecule has 0 unspecified atom stereocenters. The molecule has 0 fully saturated rings. The number of hydrogen-bond donors (Lipinski definition) is 1. The van der Waals surface area contributed by atoms with Gasteiger partial charge >= 0.3 is 0 Å². The lowest BCUT2D eigenvalue weighted by Gasteiger charge is -2.20. The quantitative estimate of drug-likeness (QED) is 0.593. The minimum absolute atomic E-state index is 0.126. The van der Waals surface area contributed by atoms with Crippen LogP contribution in [-0.4, -0.2) is 45.6 Å². The van der Waals surface area contributed by atoms with Crippen molar-refractivity contribution in [2.45, 2.75) is 51.5 Å². The largest absolute Gasteiger partial charge is 0.492 e. The first-order valence-corrected chi connectivity index (χ1v) is 10.8. The van der Waals surface area contributed by atoms with Gasteiger partial charge in [-0.15, -0.1) is 0 Å². The molecule has 0 bridgehead atoms. The fourth-order valence-electron chi connectivity index (χ4n) is 2.51. The van der Waals surface area contributed by atoms with Crippen LogP contribution in [0, 0.1) is 0 Å².